The van der Waals surface area contributed by atoms with Crippen LogP contribution in [0.4, 0.5) is 0 Å². The van der Waals surface area contributed by atoms with Gasteiger partial charge in [-0.2, -0.15) is 0 Å². The van der Waals surface area contributed by atoms with E-state index in [0.29, 0.717) is 22.1 Å². The van der Waals surface area contributed by atoms with E-state index in [4.69, 9.17) is 5.84 Å². The van der Waals surface area contributed by atoms with Crippen LogP contribution < -0.4 is 16.6 Å². The van der Waals surface area contributed by atoms with Gasteiger partial charge >= 0.3 is 0 Å². The van der Waals surface area contributed by atoms with Gasteiger partial charge in [0, 0.05) is 6.54 Å². The van der Waals surface area contributed by atoms with Crippen LogP contribution in [0.25, 0.3) is 0 Å². The number of amides is 2. The van der Waals surface area contributed by atoms with Crippen molar-refractivity contribution in [1.82, 2.24) is 15.7 Å². The third-order valence-electron chi connectivity index (χ3n) is 3.09. The van der Waals surface area contributed by atoms with Crippen LogP contribution in [0.15, 0.2) is 24.3 Å². The molecule has 116 valence electrons. The Morgan fingerprint density at radius 2 is 1.91 bits per heavy atom. The molecule has 0 aliphatic carbocycles. The zero-order valence-electron chi connectivity index (χ0n) is 12.5. The maximum Gasteiger partial charge on any atom is 0.263 e. The lowest BCUT2D eigenvalue weighted by molar-refractivity contribution is -0.120. The normalized spacial score (nSPS) is 10.3. The molecule has 0 radical (unpaired) electrons. The first-order chi connectivity index (χ1) is 10.5. The third-order valence-corrected chi connectivity index (χ3v) is 4.25. The molecule has 6 nitrogen and oxygen atoms in total. The fraction of sp³-hybridized carbons (Fsp3) is 0.267. The average Bonchev–Trinajstić information content (AvgIpc) is 2.86. The number of nitrogens with zero attached hydrogens (tertiary/aromatic N) is 1. The molecule has 0 saturated carbocycles. The van der Waals surface area contributed by atoms with Gasteiger partial charge < -0.3 is 5.32 Å². The van der Waals surface area contributed by atoms with E-state index in [9.17, 15) is 9.59 Å². The lowest BCUT2D eigenvalue weighted by atomic mass is 10.1. The second-order valence-corrected chi connectivity index (χ2v) is 6.02. The topological polar surface area (TPSA) is 97.1 Å². The Morgan fingerprint density at radius 3 is 2.55 bits per heavy atom. The molecule has 0 saturated heterocycles. The second-order valence-electron chi connectivity index (χ2n) is 4.93. The molecule has 0 spiro atoms. The Hall–Kier alpha value is -2.25. The standard InChI is InChI=1S/C15H18N4O2S/c1-9-3-5-11(6-4-9)8-17-15(21)14-10(2)18-13(22-14)7-12(20)19-16/h3-6H,7-8,16H2,1-2H3,(H,17,21)(H,19,20). The summed E-state index contributed by atoms with van der Waals surface area (Å²) in [5, 5.41) is 3.43. The van der Waals surface area contributed by atoms with Crippen LogP contribution in [0.5, 0.6) is 0 Å². The molecule has 0 atom stereocenters. The number of hydrazine groups is 1. The summed E-state index contributed by atoms with van der Waals surface area (Å²) in [6, 6.07) is 7.96. The maximum atomic E-state index is 12.2. The monoisotopic (exact) mass is 318 g/mol. The number of benzene rings is 1. The van der Waals surface area contributed by atoms with Crippen LogP contribution in [0.3, 0.4) is 0 Å². The van der Waals surface area contributed by atoms with Crippen molar-refractivity contribution in [2.75, 3.05) is 0 Å². The summed E-state index contributed by atoms with van der Waals surface area (Å²) in [6.07, 6.45) is 0.0766. The van der Waals surface area contributed by atoms with Crippen molar-refractivity contribution < 1.29 is 9.59 Å². The molecule has 0 unspecified atom stereocenters. The number of hydrogen-bond donors (Lipinski definition) is 3. The van der Waals surface area contributed by atoms with Crippen LogP contribution in [-0.2, 0) is 17.8 Å². The molecule has 2 amide bonds. The lowest BCUT2D eigenvalue weighted by Crippen LogP contribution is -2.31. The van der Waals surface area contributed by atoms with E-state index < -0.39 is 0 Å². The number of aromatic nitrogens is 1. The van der Waals surface area contributed by atoms with Crippen molar-refractivity contribution in [2.45, 2.75) is 26.8 Å². The molecule has 2 aromatic rings. The highest BCUT2D eigenvalue weighted by atomic mass is 32.1. The number of carbonyl (C=O) groups is 2. The molecule has 1 heterocycles. The van der Waals surface area contributed by atoms with Gasteiger partial charge in [0.2, 0.25) is 5.91 Å². The van der Waals surface area contributed by atoms with Crippen LogP contribution in [-0.4, -0.2) is 16.8 Å². The van der Waals surface area contributed by atoms with Crippen molar-refractivity contribution in [3.63, 3.8) is 0 Å². The van der Waals surface area contributed by atoms with Gasteiger partial charge in [-0.25, -0.2) is 10.8 Å². The van der Waals surface area contributed by atoms with Crippen LogP contribution >= 0.6 is 11.3 Å². The second kappa shape index (κ2) is 7.15. The molecule has 0 aliphatic rings. The van der Waals surface area contributed by atoms with Crippen LogP contribution in [0, 0.1) is 13.8 Å². The summed E-state index contributed by atoms with van der Waals surface area (Å²) in [5.41, 5.74) is 4.88. The van der Waals surface area contributed by atoms with E-state index in [1.165, 1.54) is 16.9 Å². The number of thiazole rings is 1. The number of hydrogen-bond acceptors (Lipinski definition) is 5. The van der Waals surface area contributed by atoms with Gasteiger partial charge in [0.1, 0.15) is 9.88 Å². The van der Waals surface area contributed by atoms with Crippen molar-refractivity contribution in [3.05, 3.63) is 51.0 Å². The Kier molecular flexibility index (Phi) is 5.24. The number of rotatable bonds is 5. The summed E-state index contributed by atoms with van der Waals surface area (Å²) in [6.45, 7) is 4.22. The quantitative estimate of drug-likeness (QED) is 0.439. The first-order valence-electron chi connectivity index (χ1n) is 6.79. The van der Waals surface area contributed by atoms with Crippen molar-refractivity contribution in [3.8, 4) is 0 Å². The SMILES string of the molecule is Cc1ccc(CNC(=O)c2sc(CC(=O)NN)nc2C)cc1. The molecule has 7 heteroatoms. The van der Waals surface area contributed by atoms with Crippen LogP contribution in [0.2, 0.25) is 0 Å². The first kappa shape index (κ1) is 16.1. The Labute approximate surface area is 132 Å². The summed E-state index contributed by atoms with van der Waals surface area (Å²) in [5.74, 6) is 4.53. The zero-order chi connectivity index (χ0) is 16.1. The molecular formula is C15H18N4O2S. The predicted molar refractivity (Wildman–Crippen MR) is 85.2 cm³/mol. The van der Waals surface area contributed by atoms with Gasteiger partial charge in [0.25, 0.3) is 5.91 Å². The highest BCUT2D eigenvalue weighted by Gasteiger charge is 2.16. The zero-order valence-corrected chi connectivity index (χ0v) is 13.3. The third kappa shape index (κ3) is 4.12. The lowest BCUT2D eigenvalue weighted by Gasteiger charge is -2.04. The molecule has 4 N–H and O–H groups in total. The largest absolute Gasteiger partial charge is 0.347 e. The molecule has 2 rings (SSSR count). The highest BCUT2D eigenvalue weighted by molar-refractivity contribution is 7.13. The van der Waals surface area contributed by atoms with Crippen molar-refractivity contribution >= 4 is 23.2 Å². The molecular weight excluding hydrogens is 300 g/mol. The summed E-state index contributed by atoms with van der Waals surface area (Å²) in [7, 11) is 0. The van der Waals surface area contributed by atoms with Gasteiger partial charge in [-0.05, 0) is 19.4 Å². The Balaban J connectivity index is 2.00. The van der Waals surface area contributed by atoms with Gasteiger partial charge in [0.15, 0.2) is 0 Å². The highest BCUT2D eigenvalue weighted by Crippen LogP contribution is 2.18. The van der Waals surface area contributed by atoms with E-state index in [2.05, 4.69) is 10.3 Å². The fourth-order valence-electron chi connectivity index (χ4n) is 1.90. The predicted octanol–water partition coefficient (Wildman–Crippen LogP) is 1.22. The van der Waals surface area contributed by atoms with E-state index >= 15 is 0 Å². The van der Waals surface area contributed by atoms with Gasteiger partial charge in [-0.3, -0.25) is 15.0 Å². The van der Waals surface area contributed by atoms with Gasteiger partial charge in [-0.15, -0.1) is 11.3 Å². The minimum Gasteiger partial charge on any atom is -0.347 e. The summed E-state index contributed by atoms with van der Waals surface area (Å²) < 4.78 is 0. The average molecular weight is 318 g/mol. The van der Waals surface area contributed by atoms with Gasteiger partial charge in [0.05, 0.1) is 12.1 Å². The summed E-state index contributed by atoms with van der Waals surface area (Å²) >= 11 is 1.21. The summed E-state index contributed by atoms with van der Waals surface area (Å²) in [4.78, 5) is 28.2. The van der Waals surface area contributed by atoms with E-state index in [1.54, 1.807) is 6.92 Å². The maximum absolute atomic E-state index is 12.2. The minimum atomic E-state index is -0.333. The Bertz CT molecular complexity index is 679. The molecule has 22 heavy (non-hydrogen) atoms. The van der Waals surface area contributed by atoms with Gasteiger partial charge in [-0.1, -0.05) is 29.8 Å². The van der Waals surface area contributed by atoms with E-state index in [0.717, 1.165) is 5.56 Å². The molecule has 1 aromatic carbocycles. The first-order valence-corrected chi connectivity index (χ1v) is 7.60. The number of nitrogens with one attached hydrogen (secondary N) is 2. The molecule has 0 bridgehead atoms. The molecule has 0 fully saturated rings. The van der Waals surface area contributed by atoms with Crippen LogP contribution in [0.1, 0.15) is 31.5 Å². The van der Waals surface area contributed by atoms with Crippen molar-refractivity contribution in [1.29, 1.82) is 0 Å². The molecule has 1 aromatic heterocycles. The molecule has 0 aliphatic heterocycles. The Morgan fingerprint density at radius 1 is 1.23 bits per heavy atom. The number of nitrogens with two attached hydrogens (primary N) is 1. The van der Waals surface area contributed by atoms with Crippen molar-refractivity contribution in [2.24, 2.45) is 5.84 Å². The number of carbonyl (C=O) groups excluding carboxylic acids is 2. The number of aryl methyl sites for hydroxylation is 2. The van der Waals surface area contributed by atoms with E-state index in [1.807, 2.05) is 36.6 Å². The van der Waals surface area contributed by atoms with E-state index in [-0.39, 0.29) is 18.2 Å². The fourth-order valence-corrected chi connectivity index (χ4v) is 2.88. The minimum absolute atomic E-state index is 0.0766. The smallest absolute Gasteiger partial charge is 0.263 e.